The fourth-order valence-corrected chi connectivity index (χ4v) is 4.77. The van der Waals surface area contributed by atoms with Crippen LogP contribution in [0.3, 0.4) is 0 Å². The number of amides is 2. The minimum atomic E-state index is -0.520. The first-order chi connectivity index (χ1) is 13.5. The normalized spacial score (nSPS) is 27.4. The molecule has 2 aromatic rings. The third kappa shape index (κ3) is 2.50. The summed E-state index contributed by atoms with van der Waals surface area (Å²) in [7, 11) is 0. The van der Waals surface area contributed by atoms with E-state index in [4.69, 9.17) is 4.74 Å². The van der Waals surface area contributed by atoms with E-state index in [0.29, 0.717) is 17.0 Å². The summed E-state index contributed by atoms with van der Waals surface area (Å²) >= 11 is 0. The van der Waals surface area contributed by atoms with Crippen LogP contribution >= 0.6 is 0 Å². The Morgan fingerprint density at radius 2 is 1.64 bits per heavy atom. The highest BCUT2D eigenvalue weighted by atomic mass is 16.5. The average molecular weight is 373 g/mol. The zero-order valence-corrected chi connectivity index (χ0v) is 15.4. The Kier molecular flexibility index (Phi) is 3.72. The second kappa shape index (κ2) is 6.16. The molecule has 0 spiro atoms. The molecule has 28 heavy (non-hydrogen) atoms. The fourth-order valence-electron chi connectivity index (χ4n) is 4.77. The van der Waals surface area contributed by atoms with Crippen LogP contribution in [0.5, 0.6) is 5.75 Å². The molecule has 140 valence electrons. The van der Waals surface area contributed by atoms with E-state index in [2.05, 4.69) is 12.2 Å². The molecule has 1 heterocycles. The van der Waals surface area contributed by atoms with Gasteiger partial charge in [-0.2, -0.15) is 0 Å². The lowest BCUT2D eigenvalue weighted by Gasteiger charge is -2.18. The van der Waals surface area contributed by atoms with E-state index in [1.807, 2.05) is 19.1 Å². The predicted molar refractivity (Wildman–Crippen MR) is 103 cm³/mol. The van der Waals surface area contributed by atoms with Gasteiger partial charge in [0.1, 0.15) is 5.75 Å². The van der Waals surface area contributed by atoms with E-state index in [0.717, 1.165) is 12.0 Å². The summed E-state index contributed by atoms with van der Waals surface area (Å²) in [5.41, 5.74) is 1.72. The van der Waals surface area contributed by atoms with Gasteiger partial charge >= 0.3 is 5.97 Å². The van der Waals surface area contributed by atoms with Crippen LogP contribution in [0.2, 0.25) is 0 Å². The van der Waals surface area contributed by atoms with Gasteiger partial charge in [-0.1, -0.05) is 30.4 Å². The fraction of sp³-hybridized carbons (Fsp3) is 0.261. The van der Waals surface area contributed by atoms with Crippen molar-refractivity contribution in [2.24, 2.45) is 23.7 Å². The maximum atomic E-state index is 13.0. The number of rotatable bonds is 3. The van der Waals surface area contributed by atoms with Gasteiger partial charge in [0.25, 0.3) is 0 Å². The van der Waals surface area contributed by atoms with E-state index < -0.39 is 5.97 Å². The largest absolute Gasteiger partial charge is 0.423 e. The van der Waals surface area contributed by atoms with Crippen LogP contribution in [-0.4, -0.2) is 17.8 Å². The van der Waals surface area contributed by atoms with Gasteiger partial charge in [0, 0.05) is 0 Å². The van der Waals surface area contributed by atoms with E-state index in [1.165, 1.54) is 4.90 Å². The number of carbonyl (C=O) groups is 3. The molecule has 5 nitrogen and oxygen atoms in total. The monoisotopic (exact) mass is 373 g/mol. The molecule has 0 aromatic heterocycles. The molecule has 2 fully saturated rings. The maximum absolute atomic E-state index is 13.0. The van der Waals surface area contributed by atoms with Crippen LogP contribution in [0.1, 0.15) is 22.3 Å². The Hall–Kier alpha value is -3.21. The number of allylic oxidation sites excluding steroid dienone is 2. The Morgan fingerprint density at radius 3 is 2.32 bits per heavy atom. The van der Waals surface area contributed by atoms with Gasteiger partial charge in [-0.25, -0.2) is 9.69 Å². The van der Waals surface area contributed by atoms with Crippen molar-refractivity contribution in [1.29, 1.82) is 0 Å². The van der Waals surface area contributed by atoms with Gasteiger partial charge in [0.15, 0.2) is 0 Å². The number of imide groups is 1. The van der Waals surface area contributed by atoms with Crippen molar-refractivity contribution in [2.75, 3.05) is 4.90 Å². The van der Waals surface area contributed by atoms with Gasteiger partial charge in [0.2, 0.25) is 11.8 Å². The number of esters is 1. The summed E-state index contributed by atoms with van der Waals surface area (Å²) in [6, 6.07) is 13.8. The number of hydrogen-bond acceptors (Lipinski definition) is 4. The molecule has 1 saturated carbocycles. The van der Waals surface area contributed by atoms with Crippen LogP contribution in [-0.2, 0) is 9.59 Å². The first-order valence-electron chi connectivity index (χ1n) is 9.48. The molecular formula is C23H19NO4. The van der Waals surface area contributed by atoms with Gasteiger partial charge < -0.3 is 4.74 Å². The quantitative estimate of drug-likeness (QED) is 0.357. The SMILES string of the molecule is Cc1cccc(OC(=O)c2cccc(N3C(=O)[C@@H]4[C@@H](C3=O)[C@H]3C=C[C@@H]4C3)c2)c1. The highest BCUT2D eigenvalue weighted by Gasteiger charge is 2.59. The number of ether oxygens (including phenoxy) is 1. The molecule has 1 saturated heterocycles. The molecule has 5 rings (SSSR count). The number of anilines is 1. The third-order valence-corrected chi connectivity index (χ3v) is 6.01. The second-order valence-corrected chi connectivity index (χ2v) is 7.77. The van der Waals surface area contributed by atoms with E-state index in [1.54, 1.807) is 36.4 Å². The topological polar surface area (TPSA) is 63.7 Å². The number of fused-ring (bicyclic) bond motifs is 5. The minimum Gasteiger partial charge on any atom is -0.423 e. The molecule has 2 aliphatic carbocycles. The van der Waals surface area contributed by atoms with Gasteiger partial charge in [-0.15, -0.1) is 0 Å². The lowest BCUT2D eigenvalue weighted by Crippen LogP contribution is -2.33. The smallest absolute Gasteiger partial charge is 0.343 e. The second-order valence-electron chi connectivity index (χ2n) is 7.77. The van der Waals surface area contributed by atoms with Crippen LogP contribution in [0, 0.1) is 30.6 Å². The molecule has 0 unspecified atom stereocenters. The van der Waals surface area contributed by atoms with Crippen molar-refractivity contribution >= 4 is 23.5 Å². The van der Waals surface area contributed by atoms with E-state index in [9.17, 15) is 14.4 Å². The summed E-state index contributed by atoms with van der Waals surface area (Å²) in [5.74, 6) is -0.575. The maximum Gasteiger partial charge on any atom is 0.343 e. The van der Waals surface area contributed by atoms with Gasteiger partial charge in [0.05, 0.1) is 23.1 Å². The van der Waals surface area contributed by atoms with E-state index in [-0.39, 0.29) is 35.5 Å². The minimum absolute atomic E-state index is 0.156. The summed E-state index contributed by atoms with van der Waals surface area (Å²) < 4.78 is 5.43. The molecule has 3 aliphatic rings. The molecular weight excluding hydrogens is 354 g/mol. The summed E-state index contributed by atoms with van der Waals surface area (Å²) in [6.07, 6.45) is 5.02. The molecule has 0 N–H and O–H groups in total. The van der Waals surface area contributed by atoms with Crippen molar-refractivity contribution in [3.05, 3.63) is 71.8 Å². The molecule has 2 amide bonds. The highest BCUT2D eigenvalue weighted by Crippen LogP contribution is 2.53. The molecule has 0 radical (unpaired) electrons. The number of aryl methyl sites for hydroxylation is 1. The summed E-state index contributed by atoms with van der Waals surface area (Å²) in [4.78, 5) is 39.7. The van der Waals surface area contributed by atoms with Crippen molar-refractivity contribution < 1.29 is 19.1 Å². The molecule has 2 bridgehead atoms. The summed E-state index contributed by atoms with van der Waals surface area (Å²) in [6.45, 7) is 1.92. The Morgan fingerprint density at radius 1 is 0.964 bits per heavy atom. The number of nitrogens with zero attached hydrogens (tertiary/aromatic N) is 1. The van der Waals surface area contributed by atoms with Crippen LogP contribution in [0.25, 0.3) is 0 Å². The number of carbonyl (C=O) groups excluding carboxylic acids is 3. The van der Waals surface area contributed by atoms with Gasteiger partial charge in [-0.05, 0) is 61.1 Å². The predicted octanol–water partition coefficient (Wildman–Crippen LogP) is 3.53. The number of hydrogen-bond donors (Lipinski definition) is 0. The Labute approximate surface area is 162 Å². The standard InChI is InChI=1S/C23H19NO4/c1-13-4-2-7-18(10-13)28-23(27)16-5-3-6-17(12-16)24-21(25)19-14-8-9-15(11-14)20(19)22(24)26/h2-10,12,14-15,19-20H,11H2,1H3/t14-,15+,19-,20-/m0/s1. The zero-order valence-electron chi connectivity index (χ0n) is 15.4. The number of benzene rings is 2. The molecule has 4 atom stereocenters. The molecule has 5 heteroatoms. The van der Waals surface area contributed by atoms with Crippen LogP contribution in [0.4, 0.5) is 5.69 Å². The van der Waals surface area contributed by atoms with Gasteiger partial charge in [-0.3, -0.25) is 9.59 Å². The van der Waals surface area contributed by atoms with Crippen molar-refractivity contribution in [2.45, 2.75) is 13.3 Å². The Bertz CT molecular complexity index is 1010. The van der Waals surface area contributed by atoms with Crippen LogP contribution in [0.15, 0.2) is 60.7 Å². The van der Waals surface area contributed by atoms with Crippen molar-refractivity contribution in [3.8, 4) is 5.75 Å². The van der Waals surface area contributed by atoms with Crippen LogP contribution < -0.4 is 9.64 Å². The first kappa shape index (κ1) is 16.9. The van der Waals surface area contributed by atoms with Crippen molar-refractivity contribution in [1.82, 2.24) is 0 Å². The molecule has 2 aromatic carbocycles. The lowest BCUT2D eigenvalue weighted by atomic mass is 9.85. The lowest BCUT2D eigenvalue weighted by molar-refractivity contribution is -0.123. The third-order valence-electron chi connectivity index (χ3n) is 6.01. The highest BCUT2D eigenvalue weighted by molar-refractivity contribution is 6.23. The molecule has 1 aliphatic heterocycles. The van der Waals surface area contributed by atoms with E-state index >= 15 is 0 Å². The van der Waals surface area contributed by atoms with Crippen molar-refractivity contribution in [3.63, 3.8) is 0 Å². The average Bonchev–Trinajstić information content (AvgIpc) is 3.36. The zero-order chi connectivity index (χ0) is 19.4. The summed E-state index contributed by atoms with van der Waals surface area (Å²) in [5, 5.41) is 0. The first-order valence-corrected chi connectivity index (χ1v) is 9.48. The Balaban J connectivity index is 1.41.